The highest BCUT2D eigenvalue weighted by molar-refractivity contribution is 8.14. The molecule has 1 fully saturated rings. The van der Waals surface area contributed by atoms with Crippen molar-refractivity contribution in [1.29, 1.82) is 0 Å². The fraction of sp³-hybridized carbons (Fsp3) is 1.00. The van der Waals surface area contributed by atoms with Crippen molar-refractivity contribution in [1.82, 2.24) is 5.09 Å². The van der Waals surface area contributed by atoms with Gasteiger partial charge >= 0.3 is 6.72 Å². The van der Waals surface area contributed by atoms with Crippen LogP contribution < -0.4 is 5.09 Å². The first-order valence-electron chi connectivity index (χ1n) is 4.66. The molecule has 4 N–H and O–H groups in total. The van der Waals surface area contributed by atoms with Crippen molar-refractivity contribution in [3.63, 3.8) is 0 Å². The summed E-state index contributed by atoms with van der Waals surface area (Å²) < 4.78 is 4.54. The molecule has 1 unspecified atom stereocenters. The Labute approximate surface area is 99.3 Å². The van der Waals surface area contributed by atoms with Crippen molar-refractivity contribution in [2.75, 3.05) is 0 Å². The SMILES string of the molecule is OP(O)(=S)OP(O)(=S)NC1CCCCC1. The van der Waals surface area contributed by atoms with Crippen LogP contribution in [0.15, 0.2) is 0 Å². The maximum absolute atomic E-state index is 9.64. The van der Waals surface area contributed by atoms with E-state index < -0.39 is 13.4 Å². The molecule has 1 aliphatic rings. The first kappa shape index (κ1) is 14.2. The fourth-order valence-corrected chi connectivity index (χ4v) is 6.22. The highest BCUT2D eigenvalue weighted by atomic mass is 32.5. The average Bonchev–Trinajstić information content (AvgIpc) is 1.99. The molecule has 0 aromatic carbocycles. The van der Waals surface area contributed by atoms with Crippen LogP contribution in [0.3, 0.4) is 0 Å². The minimum Gasteiger partial charge on any atom is -0.333 e. The van der Waals surface area contributed by atoms with Crippen molar-refractivity contribution < 1.29 is 19.0 Å². The standard InChI is InChI=1S/C6H15NO4P2S2/c8-12(14,11-13(9,10)15)7-6-4-2-1-3-5-6/h6H,1-5H2,(H2,7,8,14)(H2,9,10,15). The van der Waals surface area contributed by atoms with Crippen molar-refractivity contribution in [2.24, 2.45) is 0 Å². The summed E-state index contributed by atoms with van der Waals surface area (Å²) in [6, 6.07) is 0.0936. The van der Waals surface area contributed by atoms with Gasteiger partial charge in [0.2, 0.25) is 0 Å². The Morgan fingerprint density at radius 3 is 2.07 bits per heavy atom. The molecule has 0 radical (unpaired) electrons. The molecule has 0 bridgehead atoms. The third-order valence-corrected chi connectivity index (χ3v) is 6.11. The summed E-state index contributed by atoms with van der Waals surface area (Å²) in [5.41, 5.74) is 0. The fourth-order valence-electron chi connectivity index (χ4n) is 1.63. The van der Waals surface area contributed by atoms with E-state index in [0.29, 0.717) is 0 Å². The van der Waals surface area contributed by atoms with Crippen molar-refractivity contribution >= 4 is 37.0 Å². The lowest BCUT2D eigenvalue weighted by atomic mass is 9.96. The molecule has 0 aliphatic heterocycles. The van der Waals surface area contributed by atoms with E-state index in [1.807, 2.05) is 0 Å². The molecule has 90 valence electrons. The molecule has 15 heavy (non-hydrogen) atoms. The van der Waals surface area contributed by atoms with Gasteiger partial charge in [-0.2, -0.15) is 0 Å². The predicted octanol–water partition coefficient (Wildman–Crippen LogP) is 1.35. The van der Waals surface area contributed by atoms with Crippen molar-refractivity contribution in [3.8, 4) is 0 Å². The molecule has 5 nitrogen and oxygen atoms in total. The van der Waals surface area contributed by atoms with Crippen LogP contribution in [0.1, 0.15) is 32.1 Å². The molecule has 0 spiro atoms. The minimum absolute atomic E-state index is 0.0936. The Bertz CT molecular complexity index is 302. The van der Waals surface area contributed by atoms with Crippen LogP contribution >= 0.6 is 13.4 Å². The average molecular weight is 291 g/mol. The minimum atomic E-state index is -3.89. The monoisotopic (exact) mass is 291 g/mol. The van der Waals surface area contributed by atoms with E-state index >= 15 is 0 Å². The highest BCUT2D eigenvalue weighted by Gasteiger charge is 2.26. The summed E-state index contributed by atoms with van der Waals surface area (Å²) in [4.78, 5) is 27.4. The van der Waals surface area contributed by atoms with Gasteiger partial charge in [-0.25, -0.2) is 9.40 Å². The van der Waals surface area contributed by atoms with Gasteiger partial charge in [0.1, 0.15) is 0 Å². The summed E-state index contributed by atoms with van der Waals surface area (Å²) in [6.45, 7) is -7.24. The number of hydrogen-bond donors (Lipinski definition) is 4. The van der Waals surface area contributed by atoms with Crippen LogP contribution in [0.25, 0.3) is 0 Å². The molecule has 1 aliphatic carbocycles. The maximum Gasteiger partial charge on any atom is 0.328 e. The number of hydrogen-bond acceptors (Lipinski definition) is 3. The van der Waals surface area contributed by atoms with Crippen molar-refractivity contribution in [2.45, 2.75) is 38.1 Å². The molecule has 0 amide bonds. The summed E-state index contributed by atoms with van der Waals surface area (Å²) in [5, 5.41) is 2.75. The predicted molar refractivity (Wildman–Crippen MR) is 66.3 cm³/mol. The number of rotatable bonds is 4. The maximum atomic E-state index is 9.64. The lowest BCUT2D eigenvalue weighted by Gasteiger charge is -2.27. The van der Waals surface area contributed by atoms with Gasteiger partial charge in [-0.05, 0) is 36.5 Å². The molecule has 1 atom stereocenters. The first-order chi connectivity index (χ1) is 6.79. The van der Waals surface area contributed by atoms with E-state index in [1.165, 1.54) is 6.42 Å². The zero-order valence-electron chi connectivity index (χ0n) is 8.07. The van der Waals surface area contributed by atoms with Crippen LogP contribution in [0.2, 0.25) is 0 Å². The Balaban J connectivity index is 2.47. The van der Waals surface area contributed by atoms with E-state index in [1.54, 1.807) is 0 Å². The van der Waals surface area contributed by atoms with Gasteiger partial charge in [-0.3, -0.25) is 0 Å². The topological polar surface area (TPSA) is 82.0 Å². The molecule has 0 aromatic rings. The van der Waals surface area contributed by atoms with Gasteiger partial charge in [-0.15, -0.1) is 0 Å². The lowest BCUT2D eigenvalue weighted by Crippen LogP contribution is -2.28. The quantitative estimate of drug-likeness (QED) is 0.582. The van der Waals surface area contributed by atoms with Crippen LogP contribution in [0.4, 0.5) is 0 Å². The van der Waals surface area contributed by atoms with Crippen LogP contribution in [0.5, 0.6) is 0 Å². The zero-order chi connectivity index (χ0) is 11.5. The molecule has 0 saturated heterocycles. The lowest BCUT2D eigenvalue weighted by molar-refractivity contribution is 0.343. The third-order valence-electron chi connectivity index (χ3n) is 2.17. The van der Waals surface area contributed by atoms with Crippen LogP contribution in [0, 0.1) is 0 Å². The molecule has 1 rings (SSSR count). The van der Waals surface area contributed by atoms with Crippen LogP contribution in [-0.4, -0.2) is 20.7 Å². The molecule has 0 heterocycles. The summed E-state index contributed by atoms with van der Waals surface area (Å²) in [6.07, 6.45) is 5.19. The third kappa shape index (κ3) is 6.41. The Morgan fingerprint density at radius 1 is 1.07 bits per heavy atom. The second kappa shape index (κ2) is 5.63. The van der Waals surface area contributed by atoms with E-state index in [4.69, 9.17) is 21.6 Å². The van der Waals surface area contributed by atoms with E-state index in [9.17, 15) is 4.89 Å². The van der Waals surface area contributed by atoms with Gasteiger partial charge in [0.05, 0.1) is 0 Å². The van der Waals surface area contributed by atoms with E-state index in [-0.39, 0.29) is 6.04 Å². The highest BCUT2D eigenvalue weighted by Crippen LogP contribution is 2.55. The zero-order valence-corrected chi connectivity index (χ0v) is 11.5. The van der Waals surface area contributed by atoms with Gasteiger partial charge < -0.3 is 14.7 Å². The normalized spacial score (nSPS) is 23.7. The van der Waals surface area contributed by atoms with Crippen LogP contribution in [-0.2, 0) is 27.9 Å². The van der Waals surface area contributed by atoms with E-state index in [2.05, 4.69) is 21.2 Å². The molecular formula is C6H15NO4P2S2. The molecular weight excluding hydrogens is 276 g/mol. The van der Waals surface area contributed by atoms with Gasteiger partial charge in [0, 0.05) is 6.04 Å². The largest absolute Gasteiger partial charge is 0.333 e. The Hall–Kier alpha value is 1.10. The molecule has 9 heteroatoms. The molecule has 1 saturated carbocycles. The van der Waals surface area contributed by atoms with E-state index in [0.717, 1.165) is 25.7 Å². The van der Waals surface area contributed by atoms with Gasteiger partial charge in [-0.1, -0.05) is 19.3 Å². The summed E-state index contributed by atoms with van der Waals surface area (Å²) in [5.74, 6) is 0. The first-order valence-corrected chi connectivity index (χ1v) is 9.96. The molecule has 0 aromatic heterocycles. The van der Waals surface area contributed by atoms with Gasteiger partial charge in [0.15, 0.2) is 0 Å². The Morgan fingerprint density at radius 2 is 1.60 bits per heavy atom. The van der Waals surface area contributed by atoms with Gasteiger partial charge in [0.25, 0.3) is 6.64 Å². The second-order valence-corrected chi connectivity index (χ2v) is 9.40. The van der Waals surface area contributed by atoms with Crippen molar-refractivity contribution in [3.05, 3.63) is 0 Å². The Kier molecular flexibility index (Phi) is 5.31. The summed E-state index contributed by atoms with van der Waals surface area (Å²) in [7, 11) is 0. The smallest absolute Gasteiger partial charge is 0.328 e. The second-order valence-electron chi connectivity index (χ2n) is 3.56. The number of nitrogens with one attached hydrogen (secondary N) is 1. The summed E-state index contributed by atoms with van der Waals surface area (Å²) >= 11 is 9.01.